The minimum absolute atomic E-state index is 0.0795. The molecule has 28 heavy (non-hydrogen) atoms. The third kappa shape index (κ3) is 3.85. The van der Waals surface area contributed by atoms with Crippen molar-refractivity contribution in [2.24, 2.45) is 11.3 Å². The molecule has 0 fully saturated rings. The Morgan fingerprint density at radius 3 is 2.50 bits per heavy atom. The second-order valence-electron chi connectivity index (χ2n) is 7.81. The zero-order chi connectivity index (χ0) is 20.6. The van der Waals surface area contributed by atoms with Crippen molar-refractivity contribution in [3.05, 3.63) is 28.4 Å². The van der Waals surface area contributed by atoms with Crippen LogP contribution < -0.4 is 20.1 Å². The van der Waals surface area contributed by atoms with Gasteiger partial charge in [0.05, 0.1) is 30.8 Å². The van der Waals surface area contributed by atoms with Crippen molar-refractivity contribution in [1.29, 1.82) is 0 Å². The normalized spacial score (nSPS) is 21.0. The van der Waals surface area contributed by atoms with Crippen molar-refractivity contribution >= 4 is 34.9 Å². The van der Waals surface area contributed by atoms with Crippen LogP contribution in [-0.4, -0.2) is 31.8 Å². The second-order valence-corrected chi connectivity index (χ2v) is 8.22. The van der Waals surface area contributed by atoms with E-state index in [1.165, 1.54) is 20.3 Å². The molecule has 0 saturated carbocycles. The molecule has 150 valence electrons. The summed E-state index contributed by atoms with van der Waals surface area (Å²) in [6.07, 6.45) is 0.801. The van der Waals surface area contributed by atoms with E-state index >= 15 is 0 Å². The van der Waals surface area contributed by atoms with Crippen LogP contribution in [0.25, 0.3) is 0 Å². The summed E-state index contributed by atoms with van der Waals surface area (Å²) >= 11 is 6.10. The van der Waals surface area contributed by atoms with E-state index in [2.05, 4.69) is 10.6 Å². The second kappa shape index (κ2) is 7.47. The van der Waals surface area contributed by atoms with Crippen molar-refractivity contribution in [3.63, 3.8) is 0 Å². The molecule has 2 N–H and O–H groups in total. The Labute approximate surface area is 168 Å². The Bertz CT molecular complexity index is 891. The summed E-state index contributed by atoms with van der Waals surface area (Å²) < 4.78 is 10.5. The number of carbonyl (C=O) groups is 3. The largest absolute Gasteiger partial charge is 0.495 e. The van der Waals surface area contributed by atoms with Crippen molar-refractivity contribution in [2.45, 2.75) is 33.1 Å². The molecule has 2 amide bonds. The summed E-state index contributed by atoms with van der Waals surface area (Å²) in [6.45, 7) is 3.94. The van der Waals surface area contributed by atoms with Gasteiger partial charge < -0.3 is 20.1 Å². The van der Waals surface area contributed by atoms with Crippen molar-refractivity contribution in [3.8, 4) is 11.5 Å². The van der Waals surface area contributed by atoms with Gasteiger partial charge in [-0.05, 0) is 11.8 Å². The number of benzene rings is 1. The van der Waals surface area contributed by atoms with Crippen molar-refractivity contribution in [2.75, 3.05) is 19.5 Å². The number of carbonyl (C=O) groups excluding carboxylic acids is 3. The van der Waals surface area contributed by atoms with E-state index in [9.17, 15) is 14.4 Å². The number of anilines is 1. The number of methoxy groups -OCH3 is 2. The first kappa shape index (κ1) is 20.2. The smallest absolute Gasteiger partial charge is 0.232 e. The van der Waals surface area contributed by atoms with E-state index in [0.29, 0.717) is 46.3 Å². The summed E-state index contributed by atoms with van der Waals surface area (Å²) in [5.74, 6) is -0.951. The van der Waals surface area contributed by atoms with Crippen LogP contribution in [0, 0.1) is 11.3 Å². The minimum atomic E-state index is -0.848. The zero-order valence-electron chi connectivity index (χ0n) is 16.3. The maximum Gasteiger partial charge on any atom is 0.232 e. The van der Waals surface area contributed by atoms with Crippen LogP contribution in [0.1, 0.15) is 33.1 Å². The van der Waals surface area contributed by atoms with Gasteiger partial charge in [0.2, 0.25) is 11.8 Å². The lowest BCUT2D eigenvalue weighted by Crippen LogP contribution is -2.44. The fraction of sp³-hybridized carbons (Fsp3) is 0.450. The SMILES string of the molecule is COc1cc(NC(=O)[C@H]2CC(=O)NC3=C2C(=O)CC(C)(C)C3)c(OC)cc1Cl. The number of hydrogen-bond acceptors (Lipinski definition) is 5. The average Bonchev–Trinajstić information content (AvgIpc) is 2.60. The van der Waals surface area contributed by atoms with Crippen LogP contribution >= 0.6 is 11.6 Å². The quantitative estimate of drug-likeness (QED) is 0.801. The number of allylic oxidation sites excluding steroid dienone is 1. The molecule has 1 aromatic carbocycles. The van der Waals surface area contributed by atoms with Crippen LogP contribution in [0.3, 0.4) is 0 Å². The molecule has 2 aliphatic rings. The summed E-state index contributed by atoms with van der Waals surface area (Å²) in [4.78, 5) is 37.9. The van der Waals surface area contributed by atoms with Gasteiger partial charge in [-0.3, -0.25) is 14.4 Å². The highest BCUT2D eigenvalue weighted by Crippen LogP contribution is 2.41. The summed E-state index contributed by atoms with van der Waals surface area (Å²) in [5, 5.41) is 5.88. The van der Waals surface area contributed by atoms with Gasteiger partial charge in [0, 0.05) is 36.2 Å². The molecule has 0 bridgehead atoms. The molecule has 0 unspecified atom stereocenters. The molecule has 1 atom stereocenters. The van der Waals surface area contributed by atoms with E-state index in [-0.39, 0.29) is 23.5 Å². The fourth-order valence-corrected chi connectivity index (χ4v) is 3.99. The number of rotatable bonds is 4. The molecule has 3 rings (SSSR count). The molecule has 0 saturated heterocycles. The monoisotopic (exact) mass is 406 g/mol. The van der Waals surface area contributed by atoms with E-state index in [0.717, 1.165) is 0 Å². The van der Waals surface area contributed by atoms with E-state index < -0.39 is 11.8 Å². The number of halogens is 1. The first-order valence-corrected chi connectivity index (χ1v) is 9.31. The Morgan fingerprint density at radius 2 is 1.86 bits per heavy atom. The van der Waals surface area contributed by atoms with Crippen LogP contribution in [0.15, 0.2) is 23.4 Å². The standard InChI is InChI=1S/C20H23ClN2O5/c1-20(2)8-13-18(14(24)9-20)10(5-17(25)22-13)19(26)23-12-7-15(27-3)11(21)6-16(12)28-4/h6-7,10H,5,8-9H2,1-4H3,(H,22,25)(H,23,26)/t10-/m0/s1. The molecule has 1 aliphatic carbocycles. The van der Waals surface area contributed by atoms with Crippen LogP contribution in [0.4, 0.5) is 5.69 Å². The van der Waals surface area contributed by atoms with E-state index in [1.807, 2.05) is 13.8 Å². The van der Waals surface area contributed by atoms with Gasteiger partial charge in [0.25, 0.3) is 0 Å². The third-order valence-electron chi connectivity index (χ3n) is 5.00. The zero-order valence-corrected chi connectivity index (χ0v) is 17.0. The van der Waals surface area contributed by atoms with Crippen LogP contribution in [0.5, 0.6) is 11.5 Å². The highest BCUT2D eigenvalue weighted by molar-refractivity contribution is 6.32. The molecule has 1 aromatic rings. The summed E-state index contributed by atoms with van der Waals surface area (Å²) in [5.41, 5.74) is 1.05. The number of hydrogen-bond donors (Lipinski definition) is 2. The Hall–Kier alpha value is -2.54. The Kier molecular flexibility index (Phi) is 5.39. The van der Waals surface area contributed by atoms with Gasteiger partial charge in [0.15, 0.2) is 5.78 Å². The molecule has 0 radical (unpaired) electrons. The highest BCUT2D eigenvalue weighted by Gasteiger charge is 2.42. The maximum atomic E-state index is 13.0. The van der Waals surface area contributed by atoms with Gasteiger partial charge in [-0.2, -0.15) is 0 Å². The molecule has 7 nitrogen and oxygen atoms in total. The van der Waals surface area contributed by atoms with Crippen molar-refractivity contribution < 1.29 is 23.9 Å². The maximum absolute atomic E-state index is 13.0. The van der Waals surface area contributed by atoms with Gasteiger partial charge in [-0.1, -0.05) is 25.4 Å². The number of nitrogens with one attached hydrogen (secondary N) is 2. The average molecular weight is 407 g/mol. The summed E-state index contributed by atoms with van der Waals surface area (Å²) in [7, 11) is 2.92. The predicted molar refractivity (Wildman–Crippen MR) is 104 cm³/mol. The van der Waals surface area contributed by atoms with Gasteiger partial charge in [0.1, 0.15) is 11.5 Å². The number of Topliss-reactive ketones (excluding diaryl/α,β-unsaturated/α-hetero) is 1. The number of ketones is 1. The first-order valence-electron chi connectivity index (χ1n) is 8.93. The van der Waals surface area contributed by atoms with Crippen molar-refractivity contribution in [1.82, 2.24) is 5.32 Å². The summed E-state index contributed by atoms with van der Waals surface area (Å²) in [6, 6.07) is 3.08. The Balaban J connectivity index is 1.94. The lowest BCUT2D eigenvalue weighted by molar-refractivity contribution is -0.129. The van der Waals surface area contributed by atoms with Gasteiger partial charge >= 0.3 is 0 Å². The molecular weight excluding hydrogens is 384 g/mol. The van der Waals surface area contributed by atoms with Crippen LogP contribution in [0.2, 0.25) is 5.02 Å². The molecule has 0 aromatic heterocycles. The number of ether oxygens (including phenoxy) is 2. The lowest BCUT2D eigenvalue weighted by Gasteiger charge is -2.37. The lowest BCUT2D eigenvalue weighted by atomic mass is 9.71. The van der Waals surface area contributed by atoms with E-state index in [1.54, 1.807) is 6.07 Å². The van der Waals surface area contributed by atoms with Gasteiger partial charge in [-0.15, -0.1) is 0 Å². The highest BCUT2D eigenvalue weighted by atomic mass is 35.5. The number of amides is 2. The fourth-order valence-electron chi connectivity index (χ4n) is 3.76. The molecule has 1 heterocycles. The Morgan fingerprint density at radius 1 is 1.18 bits per heavy atom. The third-order valence-corrected chi connectivity index (χ3v) is 5.29. The molecule has 8 heteroatoms. The topological polar surface area (TPSA) is 93.7 Å². The van der Waals surface area contributed by atoms with Gasteiger partial charge in [-0.25, -0.2) is 0 Å². The molecule has 0 spiro atoms. The molecular formula is C20H23ClN2O5. The predicted octanol–water partition coefficient (Wildman–Crippen LogP) is 3.08. The molecule has 1 aliphatic heterocycles. The first-order chi connectivity index (χ1) is 13.1. The van der Waals surface area contributed by atoms with Crippen LogP contribution in [-0.2, 0) is 14.4 Å². The minimum Gasteiger partial charge on any atom is -0.495 e. The van der Waals surface area contributed by atoms with E-state index in [4.69, 9.17) is 21.1 Å².